The molecule has 15 heavy (non-hydrogen) atoms. The minimum Gasteiger partial charge on any atom is -0.341 e. The molecule has 1 amide bonds. The Bertz CT molecular complexity index is 417. The number of hydrogen-bond acceptors (Lipinski definition) is 2. The van der Waals surface area contributed by atoms with Gasteiger partial charge in [0.15, 0.2) is 0 Å². The molecule has 0 radical (unpaired) electrons. The van der Waals surface area contributed by atoms with Crippen molar-refractivity contribution in [3.63, 3.8) is 0 Å². The van der Waals surface area contributed by atoms with Crippen molar-refractivity contribution >= 4 is 16.7 Å². The molecule has 0 aliphatic carbocycles. The lowest BCUT2D eigenvalue weighted by Gasteiger charge is -2.02. The Morgan fingerprint density at radius 2 is 2.07 bits per heavy atom. The lowest BCUT2D eigenvalue weighted by molar-refractivity contribution is 0.0958. The maximum absolute atomic E-state index is 11.4. The molecular weight excluding hydrogens is 210 g/mol. The van der Waals surface area contributed by atoms with E-state index in [-0.39, 0.29) is 12.5 Å². The highest BCUT2D eigenvalue weighted by molar-refractivity contribution is 7.84. The van der Waals surface area contributed by atoms with Gasteiger partial charge < -0.3 is 5.32 Å². The molecule has 4 heteroatoms. The highest BCUT2D eigenvalue weighted by Crippen LogP contribution is 2.07. The molecule has 0 aromatic heterocycles. The molecule has 3 nitrogen and oxygen atoms in total. The zero-order chi connectivity index (χ0) is 11.3. The van der Waals surface area contributed by atoms with Gasteiger partial charge in [-0.05, 0) is 24.3 Å². The van der Waals surface area contributed by atoms with E-state index in [4.69, 9.17) is 6.42 Å². The molecule has 78 valence electrons. The SMILES string of the molecule is C#CCNC(=O)c1ccc(S(C)=O)cc1. The van der Waals surface area contributed by atoms with Gasteiger partial charge in [0.25, 0.3) is 5.91 Å². The number of terminal acetylenes is 1. The molecule has 1 aromatic rings. The summed E-state index contributed by atoms with van der Waals surface area (Å²) in [5.74, 6) is 2.10. The van der Waals surface area contributed by atoms with E-state index < -0.39 is 10.8 Å². The normalized spacial score (nSPS) is 11.5. The topological polar surface area (TPSA) is 46.2 Å². The van der Waals surface area contributed by atoms with Crippen molar-refractivity contribution in [1.82, 2.24) is 5.32 Å². The summed E-state index contributed by atoms with van der Waals surface area (Å²) in [6.45, 7) is 0.209. The molecule has 1 unspecified atom stereocenters. The van der Waals surface area contributed by atoms with Gasteiger partial charge in [-0.3, -0.25) is 9.00 Å². The van der Waals surface area contributed by atoms with Crippen LogP contribution in [0.25, 0.3) is 0 Å². The molecule has 0 saturated carbocycles. The van der Waals surface area contributed by atoms with Crippen molar-refractivity contribution in [3.05, 3.63) is 29.8 Å². The van der Waals surface area contributed by atoms with Gasteiger partial charge in [0, 0.05) is 27.5 Å². The third-order valence-electron chi connectivity index (χ3n) is 1.80. The first kappa shape index (κ1) is 11.5. The maximum Gasteiger partial charge on any atom is 0.252 e. The highest BCUT2D eigenvalue weighted by Gasteiger charge is 2.04. The Hall–Kier alpha value is -1.60. The van der Waals surface area contributed by atoms with Crippen LogP contribution < -0.4 is 5.32 Å². The summed E-state index contributed by atoms with van der Waals surface area (Å²) in [4.78, 5) is 12.1. The molecule has 1 aromatic carbocycles. The molecule has 0 aliphatic heterocycles. The van der Waals surface area contributed by atoms with Crippen LogP contribution in [0, 0.1) is 12.3 Å². The molecular formula is C11H11NO2S. The van der Waals surface area contributed by atoms with Crippen LogP contribution >= 0.6 is 0 Å². The number of nitrogens with one attached hydrogen (secondary N) is 1. The zero-order valence-electron chi connectivity index (χ0n) is 8.32. The summed E-state index contributed by atoms with van der Waals surface area (Å²) >= 11 is 0. The van der Waals surface area contributed by atoms with Gasteiger partial charge in [0.1, 0.15) is 0 Å². The molecule has 1 atom stereocenters. The minimum atomic E-state index is -1.02. The maximum atomic E-state index is 11.4. The quantitative estimate of drug-likeness (QED) is 0.767. The summed E-state index contributed by atoms with van der Waals surface area (Å²) in [5, 5.41) is 2.55. The Kier molecular flexibility index (Phi) is 4.07. The average Bonchev–Trinajstić information content (AvgIpc) is 2.26. The third kappa shape index (κ3) is 3.22. The van der Waals surface area contributed by atoms with Gasteiger partial charge in [-0.15, -0.1) is 6.42 Å². The predicted octanol–water partition coefficient (Wildman–Crippen LogP) is 0.787. The van der Waals surface area contributed by atoms with E-state index >= 15 is 0 Å². The molecule has 0 aliphatic rings. The van der Waals surface area contributed by atoms with Gasteiger partial charge in [0.2, 0.25) is 0 Å². The minimum absolute atomic E-state index is 0.209. The smallest absolute Gasteiger partial charge is 0.252 e. The van der Waals surface area contributed by atoms with E-state index in [1.807, 2.05) is 0 Å². The van der Waals surface area contributed by atoms with E-state index in [9.17, 15) is 9.00 Å². The number of rotatable bonds is 3. The van der Waals surface area contributed by atoms with Crippen molar-refractivity contribution in [2.45, 2.75) is 4.90 Å². The molecule has 0 heterocycles. The third-order valence-corrected chi connectivity index (χ3v) is 2.74. The van der Waals surface area contributed by atoms with E-state index in [2.05, 4.69) is 11.2 Å². The predicted molar refractivity (Wildman–Crippen MR) is 59.9 cm³/mol. The van der Waals surface area contributed by atoms with Crippen LogP contribution in [-0.4, -0.2) is 22.9 Å². The molecule has 0 spiro atoms. The second kappa shape index (κ2) is 5.32. The number of carbonyl (C=O) groups is 1. The summed E-state index contributed by atoms with van der Waals surface area (Å²) in [5.41, 5.74) is 0.513. The fourth-order valence-electron chi connectivity index (χ4n) is 1.03. The lowest BCUT2D eigenvalue weighted by atomic mass is 10.2. The molecule has 0 saturated heterocycles. The molecule has 0 bridgehead atoms. The molecule has 1 N–H and O–H groups in total. The zero-order valence-corrected chi connectivity index (χ0v) is 9.14. The number of hydrogen-bond donors (Lipinski definition) is 1. The van der Waals surface area contributed by atoms with E-state index in [1.54, 1.807) is 30.5 Å². The summed E-state index contributed by atoms with van der Waals surface area (Å²) in [6, 6.07) is 6.59. The van der Waals surface area contributed by atoms with Gasteiger partial charge in [0.05, 0.1) is 6.54 Å². The Balaban J connectivity index is 2.76. The van der Waals surface area contributed by atoms with Crippen LogP contribution in [0.1, 0.15) is 10.4 Å². The van der Waals surface area contributed by atoms with Crippen molar-refractivity contribution < 1.29 is 9.00 Å². The summed E-state index contributed by atoms with van der Waals surface area (Å²) in [6.07, 6.45) is 6.60. The fraction of sp³-hybridized carbons (Fsp3) is 0.182. The standard InChI is InChI=1S/C11H11NO2S/c1-3-8-12-11(13)9-4-6-10(7-5-9)15(2)14/h1,4-7H,8H2,2H3,(H,12,13). The second-order valence-corrected chi connectivity index (χ2v) is 4.24. The number of amides is 1. The van der Waals surface area contributed by atoms with Crippen LogP contribution in [0.15, 0.2) is 29.2 Å². The monoisotopic (exact) mass is 221 g/mol. The first-order chi connectivity index (χ1) is 7.15. The van der Waals surface area contributed by atoms with E-state index in [0.717, 1.165) is 0 Å². The van der Waals surface area contributed by atoms with Crippen LogP contribution in [0.2, 0.25) is 0 Å². The van der Waals surface area contributed by atoms with Gasteiger partial charge in [-0.25, -0.2) is 0 Å². The Labute approximate surface area is 91.3 Å². The highest BCUT2D eigenvalue weighted by atomic mass is 32.2. The first-order valence-electron chi connectivity index (χ1n) is 4.30. The Morgan fingerprint density at radius 1 is 1.47 bits per heavy atom. The van der Waals surface area contributed by atoms with Crippen LogP contribution in [-0.2, 0) is 10.8 Å². The molecule has 1 rings (SSSR count). The van der Waals surface area contributed by atoms with Crippen molar-refractivity contribution in [1.29, 1.82) is 0 Å². The van der Waals surface area contributed by atoms with Crippen LogP contribution in [0.5, 0.6) is 0 Å². The fourth-order valence-corrected chi connectivity index (χ4v) is 1.55. The average molecular weight is 221 g/mol. The first-order valence-corrected chi connectivity index (χ1v) is 5.86. The van der Waals surface area contributed by atoms with Crippen LogP contribution in [0.4, 0.5) is 0 Å². The molecule has 0 fully saturated rings. The van der Waals surface area contributed by atoms with Crippen molar-refractivity contribution in [2.24, 2.45) is 0 Å². The van der Waals surface area contributed by atoms with Gasteiger partial charge >= 0.3 is 0 Å². The van der Waals surface area contributed by atoms with Gasteiger partial charge in [-0.1, -0.05) is 5.92 Å². The largest absolute Gasteiger partial charge is 0.341 e. The van der Waals surface area contributed by atoms with Crippen LogP contribution in [0.3, 0.4) is 0 Å². The summed E-state index contributed by atoms with van der Waals surface area (Å²) < 4.78 is 11.1. The van der Waals surface area contributed by atoms with Gasteiger partial charge in [-0.2, -0.15) is 0 Å². The summed E-state index contributed by atoms with van der Waals surface area (Å²) in [7, 11) is -1.02. The van der Waals surface area contributed by atoms with Crippen molar-refractivity contribution in [3.8, 4) is 12.3 Å². The Morgan fingerprint density at radius 3 is 2.53 bits per heavy atom. The lowest BCUT2D eigenvalue weighted by Crippen LogP contribution is -2.23. The number of benzene rings is 1. The second-order valence-electron chi connectivity index (χ2n) is 2.87. The van der Waals surface area contributed by atoms with E-state index in [0.29, 0.717) is 10.5 Å². The van der Waals surface area contributed by atoms with Crippen molar-refractivity contribution in [2.75, 3.05) is 12.8 Å². The number of carbonyl (C=O) groups excluding carboxylic acids is 1. The van der Waals surface area contributed by atoms with E-state index in [1.165, 1.54) is 0 Å².